The number of rotatable bonds is 5. The molecule has 0 saturated heterocycles. The van der Waals surface area contributed by atoms with Crippen LogP contribution < -0.4 is 0 Å². The van der Waals surface area contributed by atoms with Gasteiger partial charge in [-0.15, -0.1) is 0 Å². The zero-order valence-corrected chi connectivity index (χ0v) is 24.2. The van der Waals surface area contributed by atoms with Crippen molar-refractivity contribution in [1.29, 1.82) is 0 Å². The van der Waals surface area contributed by atoms with E-state index in [1.54, 1.807) is 0 Å². The molecule has 0 aliphatic heterocycles. The Morgan fingerprint density at radius 1 is 0.441 bits per heavy atom. The van der Waals surface area contributed by atoms with Crippen LogP contribution in [-0.2, 0) is 0 Å². The van der Waals surface area contributed by atoms with Crippen LogP contribution in [0.15, 0.2) is 46.6 Å². The van der Waals surface area contributed by atoms with Gasteiger partial charge >= 0.3 is 0 Å². The Labute approximate surface area is 212 Å². The van der Waals surface area contributed by atoms with Crippen molar-refractivity contribution in [1.82, 2.24) is 0 Å². The molecule has 0 bridgehead atoms. The zero-order chi connectivity index (χ0) is 25.0. The van der Waals surface area contributed by atoms with E-state index in [1.165, 1.54) is 60.8 Å². The maximum absolute atomic E-state index is 2.72. The standard InChI is InChI=1S/C34H54/c1-21(2)11-25-15-26(12-22(3)4)30-18-33(9,17-29(25)30)34(10)19-31-27(13-23(5)6)16-28(14-24(7)8)32(31)20-34/h11-14,25-32H,15-20H2,1-10H3. The molecule has 4 aliphatic carbocycles. The first-order valence-electron chi connectivity index (χ1n) is 14.4. The predicted molar refractivity (Wildman–Crippen MR) is 150 cm³/mol. The Hall–Kier alpha value is -1.04. The summed E-state index contributed by atoms with van der Waals surface area (Å²) in [4.78, 5) is 0. The largest absolute Gasteiger partial charge is 0.0825 e. The number of allylic oxidation sites excluding steroid dienone is 8. The van der Waals surface area contributed by atoms with Crippen LogP contribution in [0.1, 0.15) is 108 Å². The SMILES string of the molecule is CC(C)=CC1CC(C=C(C)C)C2CC(C)(C3(C)CC4C(C=C(C)C)CC(C=C(C)C)C4C3)CC12. The molecule has 0 heteroatoms. The van der Waals surface area contributed by atoms with E-state index in [0.29, 0.717) is 10.8 Å². The van der Waals surface area contributed by atoms with E-state index in [1.807, 2.05) is 0 Å². The van der Waals surface area contributed by atoms with Gasteiger partial charge in [-0.25, -0.2) is 0 Å². The van der Waals surface area contributed by atoms with Crippen molar-refractivity contribution < 1.29 is 0 Å². The highest BCUT2D eigenvalue weighted by Crippen LogP contribution is 2.70. The summed E-state index contributed by atoms with van der Waals surface area (Å²) >= 11 is 0. The summed E-state index contributed by atoms with van der Waals surface area (Å²) < 4.78 is 0. The van der Waals surface area contributed by atoms with Crippen LogP contribution in [0.5, 0.6) is 0 Å². The van der Waals surface area contributed by atoms with Gasteiger partial charge in [0.25, 0.3) is 0 Å². The third-order valence-electron chi connectivity index (χ3n) is 10.8. The van der Waals surface area contributed by atoms with Crippen LogP contribution in [0.25, 0.3) is 0 Å². The summed E-state index contributed by atoms with van der Waals surface area (Å²) in [6.45, 7) is 23.9. The van der Waals surface area contributed by atoms with Gasteiger partial charge < -0.3 is 0 Å². The molecule has 4 aliphatic rings. The van der Waals surface area contributed by atoms with Crippen LogP contribution in [0.2, 0.25) is 0 Å². The van der Waals surface area contributed by atoms with Gasteiger partial charge in [0.15, 0.2) is 0 Å². The molecular formula is C34H54. The zero-order valence-electron chi connectivity index (χ0n) is 24.2. The summed E-state index contributed by atoms with van der Waals surface area (Å²) in [5.74, 6) is 6.72. The highest BCUT2D eigenvalue weighted by Gasteiger charge is 2.62. The predicted octanol–water partition coefficient (Wildman–Crippen LogP) is 10.2. The normalized spacial score (nSPS) is 44.9. The Bertz CT molecular complexity index is 737. The van der Waals surface area contributed by atoms with Gasteiger partial charge in [-0.3, -0.25) is 0 Å². The molecule has 0 N–H and O–H groups in total. The summed E-state index contributed by atoms with van der Waals surface area (Å²) in [7, 11) is 0. The monoisotopic (exact) mass is 462 g/mol. The molecule has 4 rings (SSSR count). The van der Waals surface area contributed by atoms with Crippen molar-refractivity contribution in [2.75, 3.05) is 0 Å². The molecule has 0 heterocycles. The summed E-state index contributed by atoms with van der Waals surface area (Å²) in [5.41, 5.74) is 7.05. The second-order valence-electron chi connectivity index (χ2n) is 14.7. The average molecular weight is 463 g/mol. The van der Waals surface area contributed by atoms with E-state index in [0.717, 1.165) is 47.3 Å². The van der Waals surface area contributed by atoms with E-state index in [9.17, 15) is 0 Å². The van der Waals surface area contributed by atoms with E-state index in [4.69, 9.17) is 0 Å². The smallest absolute Gasteiger partial charge is 0.0194 e. The number of fused-ring (bicyclic) bond motifs is 2. The first kappa shape index (κ1) is 26.0. The number of hydrogen-bond acceptors (Lipinski definition) is 0. The maximum Gasteiger partial charge on any atom is -0.0194 e. The van der Waals surface area contributed by atoms with Gasteiger partial charge in [0.2, 0.25) is 0 Å². The van der Waals surface area contributed by atoms with Crippen LogP contribution in [0.4, 0.5) is 0 Å². The molecule has 0 amide bonds. The minimum Gasteiger partial charge on any atom is -0.0825 e. The van der Waals surface area contributed by atoms with Gasteiger partial charge in [0.1, 0.15) is 0 Å². The third kappa shape index (κ3) is 4.82. The molecule has 190 valence electrons. The molecule has 0 spiro atoms. The summed E-state index contributed by atoms with van der Waals surface area (Å²) in [5, 5.41) is 0. The fourth-order valence-corrected chi connectivity index (χ4v) is 9.52. The fourth-order valence-electron chi connectivity index (χ4n) is 9.52. The minimum absolute atomic E-state index is 0.486. The second kappa shape index (κ2) is 9.44. The van der Waals surface area contributed by atoms with Crippen LogP contribution in [0, 0.1) is 58.2 Å². The Morgan fingerprint density at radius 3 is 0.824 bits per heavy atom. The van der Waals surface area contributed by atoms with Gasteiger partial charge in [0.05, 0.1) is 0 Å². The molecule has 0 aromatic rings. The van der Waals surface area contributed by atoms with Crippen LogP contribution in [0.3, 0.4) is 0 Å². The average Bonchev–Trinajstić information content (AvgIpc) is 3.38. The molecule has 34 heavy (non-hydrogen) atoms. The quantitative estimate of drug-likeness (QED) is 0.356. The molecule has 4 saturated carbocycles. The van der Waals surface area contributed by atoms with Crippen molar-refractivity contribution in [3.05, 3.63) is 46.6 Å². The van der Waals surface area contributed by atoms with Gasteiger partial charge in [0, 0.05) is 0 Å². The van der Waals surface area contributed by atoms with Crippen molar-refractivity contribution >= 4 is 0 Å². The van der Waals surface area contributed by atoms with Crippen LogP contribution in [-0.4, -0.2) is 0 Å². The first-order valence-corrected chi connectivity index (χ1v) is 14.4. The molecular weight excluding hydrogens is 408 g/mol. The first-order chi connectivity index (χ1) is 15.8. The van der Waals surface area contributed by atoms with Crippen molar-refractivity contribution in [2.24, 2.45) is 58.2 Å². The minimum atomic E-state index is 0.486. The lowest BCUT2D eigenvalue weighted by molar-refractivity contribution is 0.0558. The Balaban J connectivity index is 1.63. The van der Waals surface area contributed by atoms with Crippen molar-refractivity contribution in [3.63, 3.8) is 0 Å². The molecule has 0 aromatic carbocycles. The Kier molecular flexibility index (Phi) is 7.23. The lowest BCUT2D eigenvalue weighted by Gasteiger charge is -2.44. The molecule has 0 radical (unpaired) electrons. The van der Waals surface area contributed by atoms with E-state index >= 15 is 0 Å². The van der Waals surface area contributed by atoms with Gasteiger partial charge in [-0.1, -0.05) is 60.4 Å². The lowest BCUT2D eigenvalue weighted by Crippen LogP contribution is -2.35. The Morgan fingerprint density at radius 2 is 0.647 bits per heavy atom. The van der Waals surface area contributed by atoms with Crippen LogP contribution >= 0.6 is 0 Å². The fraction of sp³-hybridized carbons (Fsp3) is 0.765. The highest BCUT2D eigenvalue weighted by atomic mass is 14.7. The van der Waals surface area contributed by atoms with E-state index < -0.39 is 0 Å². The van der Waals surface area contributed by atoms with Gasteiger partial charge in [-0.05, 0) is 152 Å². The molecule has 8 atom stereocenters. The lowest BCUT2D eigenvalue weighted by atomic mass is 9.60. The van der Waals surface area contributed by atoms with Crippen molar-refractivity contribution in [2.45, 2.75) is 108 Å². The third-order valence-corrected chi connectivity index (χ3v) is 10.8. The van der Waals surface area contributed by atoms with E-state index in [2.05, 4.69) is 93.5 Å². The number of hydrogen-bond donors (Lipinski definition) is 0. The van der Waals surface area contributed by atoms with Crippen molar-refractivity contribution in [3.8, 4) is 0 Å². The maximum atomic E-state index is 2.72. The molecule has 8 unspecified atom stereocenters. The highest BCUT2D eigenvalue weighted by molar-refractivity contribution is 5.20. The van der Waals surface area contributed by atoms with E-state index in [-0.39, 0.29) is 0 Å². The molecule has 4 fully saturated rings. The molecule has 0 nitrogen and oxygen atoms in total. The summed E-state index contributed by atoms with van der Waals surface area (Å²) in [6, 6.07) is 0. The van der Waals surface area contributed by atoms with Gasteiger partial charge in [-0.2, -0.15) is 0 Å². The topological polar surface area (TPSA) is 0 Å². The molecule has 0 aromatic heterocycles. The summed E-state index contributed by atoms with van der Waals surface area (Å²) in [6.07, 6.45) is 19.2. The second-order valence-corrected chi connectivity index (χ2v) is 14.7.